The molecule has 0 aliphatic carbocycles. The fourth-order valence-electron chi connectivity index (χ4n) is 2.23. The van der Waals surface area contributed by atoms with Gasteiger partial charge >= 0.3 is 4.87 Å². The molecule has 0 spiro atoms. The van der Waals surface area contributed by atoms with E-state index in [1.807, 2.05) is 61.5 Å². The standard InChI is InChI=1S/C17H15N3O2S/c1-12(13-7-3-2-4-8-13)18-19-16(21)11-20-14-9-5-6-10-15(14)23-17(20)22/h2-10H,11H2,1H3,(H,19,21)/b18-12+. The zero-order valence-electron chi connectivity index (χ0n) is 12.5. The van der Waals surface area contributed by atoms with Crippen molar-refractivity contribution in [2.75, 3.05) is 0 Å². The molecule has 0 radical (unpaired) electrons. The molecule has 0 unspecified atom stereocenters. The highest BCUT2D eigenvalue weighted by Crippen LogP contribution is 2.16. The number of fused-ring (bicyclic) bond motifs is 1. The molecule has 0 aliphatic heterocycles. The lowest BCUT2D eigenvalue weighted by Gasteiger charge is -2.04. The first-order valence-electron chi connectivity index (χ1n) is 7.12. The van der Waals surface area contributed by atoms with Crippen LogP contribution < -0.4 is 10.3 Å². The Hall–Kier alpha value is -2.73. The van der Waals surface area contributed by atoms with E-state index in [1.165, 1.54) is 4.57 Å². The van der Waals surface area contributed by atoms with Gasteiger partial charge in [0.2, 0.25) is 0 Å². The van der Waals surface area contributed by atoms with Gasteiger partial charge in [0.1, 0.15) is 6.54 Å². The van der Waals surface area contributed by atoms with Gasteiger partial charge in [-0.25, -0.2) is 5.43 Å². The molecule has 3 rings (SSSR count). The predicted molar refractivity (Wildman–Crippen MR) is 92.9 cm³/mol. The summed E-state index contributed by atoms with van der Waals surface area (Å²) in [6.07, 6.45) is 0. The molecule has 0 aliphatic rings. The van der Waals surface area contributed by atoms with Crippen molar-refractivity contribution in [3.63, 3.8) is 0 Å². The summed E-state index contributed by atoms with van der Waals surface area (Å²) in [5.74, 6) is -0.328. The van der Waals surface area contributed by atoms with Gasteiger partial charge in [-0.2, -0.15) is 5.10 Å². The van der Waals surface area contributed by atoms with E-state index in [4.69, 9.17) is 0 Å². The first kappa shape index (κ1) is 15.2. The summed E-state index contributed by atoms with van der Waals surface area (Å²) in [7, 11) is 0. The minimum atomic E-state index is -0.328. The summed E-state index contributed by atoms with van der Waals surface area (Å²) in [6, 6.07) is 17.0. The van der Waals surface area contributed by atoms with Gasteiger partial charge in [0.25, 0.3) is 5.91 Å². The number of nitrogens with zero attached hydrogens (tertiary/aromatic N) is 2. The van der Waals surface area contributed by atoms with Crippen molar-refractivity contribution < 1.29 is 4.79 Å². The predicted octanol–water partition coefficient (Wildman–Crippen LogP) is 2.60. The third kappa shape index (κ3) is 3.37. The number of hydrazone groups is 1. The Labute approximate surface area is 136 Å². The number of rotatable bonds is 4. The van der Waals surface area contributed by atoms with E-state index in [1.54, 1.807) is 0 Å². The van der Waals surface area contributed by atoms with Crippen LogP contribution in [0.3, 0.4) is 0 Å². The number of aromatic nitrogens is 1. The fraction of sp³-hybridized carbons (Fsp3) is 0.118. The summed E-state index contributed by atoms with van der Waals surface area (Å²) < 4.78 is 2.33. The van der Waals surface area contributed by atoms with Crippen LogP contribution in [-0.2, 0) is 11.3 Å². The second-order valence-electron chi connectivity index (χ2n) is 5.02. The molecule has 0 bridgehead atoms. The number of hydrogen-bond acceptors (Lipinski definition) is 4. The van der Waals surface area contributed by atoms with Crippen molar-refractivity contribution in [3.05, 3.63) is 69.8 Å². The van der Waals surface area contributed by atoms with E-state index in [2.05, 4.69) is 10.5 Å². The fourth-order valence-corrected chi connectivity index (χ4v) is 3.12. The van der Waals surface area contributed by atoms with E-state index in [0.717, 1.165) is 27.1 Å². The van der Waals surface area contributed by atoms with Crippen LogP contribution >= 0.6 is 11.3 Å². The van der Waals surface area contributed by atoms with Crippen LogP contribution in [0.1, 0.15) is 12.5 Å². The second kappa shape index (κ2) is 6.58. The lowest BCUT2D eigenvalue weighted by Crippen LogP contribution is -2.28. The van der Waals surface area contributed by atoms with E-state index < -0.39 is 0 Å². The second-order valence-corrected chi connectivity index (χ2v) is 6.01. The number of carbonyl (C=O) groups is 1. The molecule has 1 heterocycles. The molecule has 1 aromatic heterocycles. The summed E-state index contributed by atoms with van der Waals surface area (Å²) in [6.45, 7) is 1.77. The van der Waals surface area contributed by atoms with Crippen LogP contribution in [0.15, 0.2) is 64.5 Å². The van der Waals surface area contributed by atoms with E-state index in [9.17, 15) is 9.59 Å². The number of para-hydroxylation sites is 1. The Morgan fingerprint density at radius 1 is 1.13 bits per heavy atom. The van der Waals surface area contributed by atoms with Gasteiger partial charge in [-0.1, -0.05) is 53.8 Å². The minimum absolute atomic E-state index is 0.0472. The third-order valence-corrected chi connectivity index (χ3v) is 4.38. The highest BCUT2D eigenvalue weighted by atomic mass is 32.1. The van der Waals surface area contributed by atoms with Crippen molar-refractivity contribution in [1.82, 2.24) is 9.99 Å². The van der Waals surface area contributed by atoms with Crippen LogP contribution in [0.2, 0.25) is 0 Å². The van der Waals surface area contributed by atoms with Crippen molar-refractivity contribution in [3.8, 4) is 0 Å². The molecule has 23 heavy (non-hydrogen) atoms. The van der Waals surface area contributed by atoms with Crippen LogP contribution in [0.4, 0.5) is 0 Å². The molecular formula is C17H15N3O2S. The van der Waals surface area contributed by atoms with Crippen molar-refractivity contribution >= 4 is 33.2 Å². The SMILES string of the molecule is C/C(=N\NC(=O)Cn1c(=O)sc2ccccc21)c1ccccc1. The zero-order valence-corrected chi connectivity index (χ0v) is 13.3. The summed E-state index contributed by atoms with van der Waals surface area (Å²) in [5, 5.41) is 4.09. The van der Waals surface area contributed by atoms with E-state index in [-0.39, 0.29) is 17.3 Å². The maximum Gasteiger partial charge on any atom is 0.308 e. The number of carbonyl (C=O) groups excluding carboxylic acids is 1. The molecular weight excluding hydrogens is 310 g/mol. The molecule has 2 aromatic carbocycles. The summed E-state index contributed by atoms with van der Waals surface area (Å²) in [4.78, 5) is 23.9. The van der Waals surface area contributed by atoms with Gasteiger partial charge in [0, 0.05) is 0 Å². The first-order chi connectivity index (χ1) is 11.1. The number of thiazole rings is 1. The molecule has 0 atom stereocenters. The molecule has 0 fully saturated rings. The van der Waals surface area contributed by atoms with Crippen LogP contribution in [0.25, 0.3) is 10.2 Å². The lowest BCUT2D eigenvalue weighted by molar-refractivity contribution is -0.121. The quantitative estimate of drug-likeness (QED) is 0.592. The Morgan fingerprint density at radius 2 is 1.83 bits per heavy atom. The number of hydrogen-bond donors (Lipinski definition) is 1. The van der Waals surface area contributed by atoms with Crippen LogP contribution in [-0.4, -0.2) is 16.2 Å². The van der Waals surface area contributed by atoms with Gasteiger partial charge in [-0.15, -0.1) is 0 Å². The largest absolute Gasteiger partial charge is 0.308 e. The molecule has 0 saturated carbocycles. The van der Waals surface area contributed by atoms with Crippen LogP contribution in [0, 0.1) is 0 Å². The van der Waals surface area contributed by atoms with Crippen molar-refractivity contribution in [1.29, 1.82) is 0 Å². The first-order valence-corrected chi connectivity index (χ1v) is 7.94. The van der Waals surface area contributed by atoms with Crippen molar-refractivity contribution in [2.45, 2.75) is 13.5 Å². The number of benzene rings is 2. The average Bonchev–Trinajstić information content (AvgIpc) is 2.89. The molecule has 1 amide bonds. The summed E-state index contributed by atoms with van der Waals surface area (Å²) >= 11 is 1.13. The smallest absolute Gasteiger partial charge is 0.289 e. The van der Waals surface area contributed by atoms with Crippen LogP contribution in [0.5, 0.6) is 0 Å². The molecule has 1 N–H and O–H groups in total. The zero-order chi connectivity index (χ0) is 16.2. The monoisotopic (exact) mass is 325 g/mol. The number of nitrogens with one attached hydrogen (secondary N) is 1. The van der Waals surface area contributed by atoms with Gasteiger partial charge < -0.3 is 0 Å². The lowest BCUT2D eigenvalue weighted by atomic mass is 10.1. The topological polar surface area (TPSA) is 63.5 Å². The summed E-state index contributed by atoms with van der Waals surface area (Å²) in [5.41, 5.74) is 4.92. The molecule has 116 valence electrons. The Morgan fingerprint density at radius 3 is 2.61 bits per heavy atom. The highest BCUT2D eigenvalue weighted by molar-refractivity contribution is 7.16. The van der Waals surface area contributed by atoms with Gasteiger partial charge in [-0.05, 0) is 24.6 Å². The molecule has 6 heteroatoms. The maximum atomic E-state index is 12.1. The van der Waals surface area contributed by atoms with E-state index in [0.29, 0.717) is 5.71 Å². The third-order valence-electron chi connectivity index (χ3n) is 3.42. The van der Waals surface area contributed by atoms with Gasteiger partial charge in [0.15, 0.2) is 0 Å². The Bertz CT molecular complexity index is 926. The average molecular weight is 325 g/mol. The normalized spacial score (nSPS) is 11.6. The molecule has 0 saturated heterocycles. The van der Waals surface area contributed by atoms with E-state index >= 15 is 0 Å². The maximum absolute atomic E-state index is 12.1. The Kier molecular flexibility index (Phi) is 4.34. The Balaban J connectivity index is 1.74. The van der Waals surface area contributed by atoms with Crippen molar-refractivity contribution in [2.24, 2.45) is 5.10 Å². The molecule has 5 nitrogen and oxygen atoms in total. The highest BCUT2D eigenvalue weighted by Gasteiger charge is 2.10. The minimum Gasteiger partial charge on any atom is -0.289 e. The van der Waals surface area contributed by atoms with Gasteiger partial charge in [-0.3, -0.25) is 14.2 Å². The van der Waals surface area contributed by atoms with Gasteiger partial charge in [0.05, 0.1) is 15.9 Å². The number of amides is 1. The molecule has 3 aromatic rings.